The summed E-state index contributed by atoms with van der Waals surface area (Å²) in [5.74, 6) is -2.63. The molecule has 9 nitrogen and oxygen atoms in total. The standard InChI is InChI=1S/C25H21N5O4/c1-4-29(15-5-14-26)19-12-8-18(9-13-19)28-22-16(2)21(27-3)23(31)30(24(22)32)20-10-6-17(7-11-20)25(33)34/h6-13H,4-5,15H2,1-2H3,(H,33,34). The summed E-state index contributed by atoms with van der Waals surface area (Å²) >= 11 is 0. The molecule has 1 aliphatic heterocycles. The Morgan fingerprint density at radius 2 is 1.79 bits per heavy atom. The van der Waals surface area contributed by atoms with E-state index in [2.05, 4.69) is 15.9 Å². The highest BCUT2D eigenvalue weighted by molar-refractivity contribution is 6.57. The molecule has 2 aromatic carbocycles. The van der Waals surface area contributed by atoms with Crippen molar-refractivity contribution in [3.05, 3.63) is 76.8 Å². The van der Waals surface area contributed by atoms with Crippen LogP contribution in [0.5, 0.6) is 0 Å². The van der Waals surface area contributed by atoms with Crippen molar-refractivity contribution in [2.45, 2.75) is 20.3 Å². The topological polar surface area (TPSA) is 118 Å². The molecule has 9 heteroatoms. The first-order chi connectivity index (χ1) is 16.3. The van der Waals surface area contributed by atoms with Gasteiger partial charge < -0.3 is 10.0 Å². The second-order valence-electron chi connectivity index (χ2n) is 7.35. The van der Waals surface area contributed by atoms with Gasteiger partial charge in [0.1, 0.15) is 5.71 Å². The van der Waals surface area contributed by atoms with E-state index in [1.54, 1.807) is 12.1 Å². The van der Waals surface area contributed by atoms with Crippen molar-refractivity contribution < 1.29 is 19.5 Å². The van der Waals surface area contributed by atoms with Gasteiger partial charge in [0.05, 0.1) is 36.0 Å². The van der Waals surface area contributed by atoms with E-state index in [1.807, 2.05) is 24.0 Å². The van der Waals surface area contributed by atoms with Crippen LogP contribution in [-0.4, -0.2) is 41.7 Å². The van der Waals surface area contributed by atoms with Crippen LogP contribution in [0.15, 0.2) is 64.8 Å². The minimum atomic E-state index is -1.14. The number of anilines is 2. The fraction of sp³-hybridized carbons (Fsp3) is 0.200. The monoisotopic (exact) mass is 455 g/mol. The van der Waals surface area contributed by atoms with Gasteiger partial charge in [0.25, 0.3) is 17.5 Å². The first kappa shape index (κ1) is 23.9. The van der Waals surface area contributed by atoms with Crippen LogP contribution in [-0.2, 0) is 9.59 Å². The number of aromatic carboxylic acids is 1. The predicted molar refractivity (Wildman–Crippen MR) is 127 cm³/mol. The number of nitriles is 1. The number of nitrogens with zero attached hydrogens (tertiary/aromatic N) is 5. The van der Waals surface area contributed by atoms with Crippen LogP contribution in [0.4, 0.5) is 17.1 Å². The van der Waals surface area contributed by atoms with Crippen molar-refractivity contribution in [3.8, 4) is 6.07 Å². The van der Waals surface area contributed by atoms with E-state index in [4.69, 9.17) is 16.9 Å². The maximum absolute atomic E-state index is 13.3. The van der Waals surface area contributed by atoms with Crippen LogP contribution < -0.4 is 9.80 Å². The third-order valence-electron chi connectivity index (χ3n) is 5.34. The van der Waals surface area contributed by atoms with E-state index >= 15 is 0 Å². The third-order valence-corrected chi connectivity index (χ3v) is 5.34. The zero-order chi connectivity index (χ0) is 24.8. The minimum Gasteiger partial charge on any atom is -0.478 e. The lowest BCUT2D eigenvalue weighted by Crippen LogP contribution is -2.46. The van der Waals surface area contributed by atoms with Crippen molar-refractivity contribution in [2.24, 2.45) is 4.99 Å². The van der Waals surface area contributed by atoms with Gasteiger partial charge in [0.2, 0.25) is 0 Å². The summed E-state index contributed by atoms with van der Waals surface area (Å²) in [4.78, 5) is 47.9. The Hall–Kier alpha value is -4.76. The molecule has 0 saturated carbocycles. The Kier molecular flexibility index (Phi) is 7.20. The van der Waals surface area contributed by atoms with Crippen molar-refractivity contribution in [3.63, 3.8) is 0 Å². The molecular weight excluding hydrogens is 434 g/mol. The smallest absolute Gasteiger partial charge is 0.335 e. The van der Waals surface area contributed by atoms with Gasteiger partial charge in [-0.05, 0) is 68.0 Å². The number of carbonyl (C=O) groups is 3. The van der Waals surface area contributed by atoms with Gasteiger partial charge >= 0.3 is 5.97 Å². The van der Waals surface area contributed by atoms with Crippen molar-refractivity contribution in [2.75, 3.05) is 22.9 Å². The molecule has 0 atom stereocenters. The van der Waals surface area contributed by atoms with Crippen LogP contribution in [0.1, 0.15) is 30.6 Å². The highest BCUT2D eigenvalue weighted by Gasteiger charge is 2.38. The average Bonchev–Trinajstić information content (AvgIpc) is 2.84. The lowest BCUT2D eigenvalue weighted by Gasteiger charge is -2.27. The molecule has 170 valence electrons. The zero-order valence-corrected chi connectivity index (χ0v) is 18.6. The fourth-order valence-electron chi connectivity index (χ4n) is 3.51. The highest BCUT2D eigenvalue weighted by Crippen LogP contribution is 2.28. The number of hydrogen-bond acceptors (Lipinski definition) is 6. The molecule has 2 aromatic rings. The van der Waals surface area contributed by atoms with Gasteiger partial charge in [-0.25, -0.2) is 14.6 Å². The summed E-state index contributed by atoms with van der Waals surface area (Å²) in [6, 6.07) is 14.5. The summed E-state index contributed by atoms with van der Waals surface area (Å²) in [5, 5.41) is 17.9. The number of hydrogen-bond donors (Lipinski definition) is 1. The summed E-state index contributed by atoms with van der Waals surface area (Å²) in [5.41, 5.74) is 1.42. The quantitative estimate of drug-likeness (QED) is 0.499. The molecule has 1 aliphatic rings. The van der Waals surface area contributed by atoms with Gasteiger partial charge in [-0.2, -0.15) is 5.26 Å². The number of aliphatic imine (C=N–C) groups is 1. The molecule has 0 radical (unpaired) electrons. The number of amides is 2. The van der Waals surface area contributed by atoms with Crippen LogP contribution in [0.25, 0.3) is 4.85 Å². The number of imide groups is 1. The van der Waals surface area contributed by atoms with Crippen LogP contribution >= 0.6 is 0 Å². The first-order valence-corrected chi connectivity index (χ1v) is 10.4. The molecule has 34 heavy (non-hydrogen) atoms. The van der Waals surface area contributed by atoms with E-state index in [0.29, 0.717) is 18.7 Å². The van der Waals surface area contributed by atoms with Gasteiger partial charge in [-0.15, -0.1) is 0 Å². The number of benzene rings is 2. The molecule has 0 fully saturated rings. The summed E-state index contributed by atoms with van der Waals surface area (Å²) in [6.07, 6.45) is 0.396. The minimum absolute atomic E-state index is 0.00246. The lowest BCUT2D eigenvalue weighted by atomic mass is 10.0. The van der Waals surface area contributed by atoms with Crippen LogP contribution in [0, 0.1) is 17.9 Å². The molecule has 0 aliphatic carbocycles. The highest BCUT2D eigenvalue weighted by atomic mass is 16.4. The molecule has 0 aromatic heterocycles. The number of carbonyl (C=O) groups excluding carboxylic acids is 2. The van der Waals surface area contributed by atoms with E-state index in [9.17, 15) is 14.4 Å². The van der Waals surface area contributed by atoms with Crippen molar-refractivity contribution >= 4 is 40.6 Å². The maximum atomic E-state index is 13.3. The molecule has 3 rings (SSSR count). The molecular formula is C25H21N5O4. The Morgan fingerprint density at radius 1 is 1.15 bits per heavy atom. The largest absolute Gasteiger partial charge is 0.478 e. The van der Waals surface area contributed by atoms with Gasteiger partial charge in [0.15, 0.2) is 0 Å². The normalized spacial score (nSPS) is 14.7. The van der Waals surface area contributed by atoms with Gasteiger partial charge in [0, 0.05) is 18.8 Å². The molecule has 0 saturated heterocycles. The zero-order valence-electron chi connectivity index (χ0n) is 18.6. The Bertz CT molecular complexity index is 1280. The second kappa shape index (κ2) is 10.2. The SMILES string of the molecule is [C-]#[N+]C1=C(C)C(=Nc2ccc(N(CC)CCC#N)cc2)C(=O)N(c2ccc(C(=O)O)cc2)C1=O. The third kappa shape index (κ3) is 4.69. The Morgan fingerprint density at radius 3 is 2.32 bits per heavy atom. The molecule has 0 bridgehead atoms. The molecule has 2 amide bonds. The van der Waals surface area contributed by atoms with Crippen LogP contribution in [0.3, 0.4) is 0 Å². The summed E-state index contributed by atoms with van der Waals surface area (Å²) < 4.78 is 0. The van der Waals surface area contributed by atoms with E-state index < -0.39 is 17.8 Å². The van der Waals surface area contributed by atoms with Crippen molar-refractivity contribution in [1.29, 1.82) is 5.26 Å². The number of carboxylic acids is 1. The van der Waals surface area contributed by atoms with Crippen LogP contribution in [0.2, 0.25) is 0 Å². The summed E-state index contributed by atoms with van der Waals surface area (Å²) in [6.45, 7) is 12.2. The first-order valence-electron chi connectivity index (χ1n) is 10.4. The average molecular weight is 455 g/mol. The number of rotatable bonds is 7. The summed E-state index contributed by atoms with van der Waals surface area (Å²) in [7, 11) is 0. The predicted octanol–water partition coefficient (Wildman–Crippen LogP) is 3.96. The Balaban J connectivity index is 2.00. The van der Waals surface area contributed by atoms with Gasteiger partial charge in [-0.3, -0.25) is 14.5 Å². The second-order valence-corrected chi connectivity index (χ2v) is 7.35. The molecule has 1 N–H and O–H groups in total. The van der Waals surface area contributed by atoms with E-state index in [-0.39, 0.29) is 28.2 Å². The van der Waals surface area contributed by atoms with Crippen molar-refractivity contribution in [1.82, 2.24) is 0 Å². The fourth-order valence-corrected chi connectivity index (χ4v) is 3.51. The Labute approximate surface area is 196 Å². The van der Waals surface area contributed by atoms with Gasteiger partial charge in [-0.1, -0.05) is 0 Å². The lowest BCUT2D eigenvalue weighted by molar-refractivity contribution is -0.121. The maximum Gasteiger partial charge on any atom is 0.335 e. The molecule has 1 heterocycles. The number of carboxylic acid groups (broad SMARTS) is 1. The van der Waals surface area contributed by atoms with E-state index in [1.165, 1.54) is 31.2 Å². The molecule has 0 spiro atoms. The van der Waals surface area contributed by atoms with E-state index in [0.717, 1.165) is 17.1 Å². The molecule has 0 unspecified atom stereocenters.